The van der Waals surface area contributed by atoms with Crippen molar-refractivity contribution in [2.75, 3.05) is 0 Å². The number of aromatic nitrogens is 1. The van der Waals surface area contributed by atoms with Gasteiger partial charge < -0.3 is 0 Å². The normalized spacial score (nSPS) is 11.1. The van der Waals surface area contributed by atoms with E-state index in [4.69, 9.17) is 4.98 Å². The first-order chi connectivity index (χ1) is 14.1. The lowest BCUT2D eigenvalue weighted by Gasteiger charge is -2.10. The number of halogens is 1. The van der Waals surface area contributed by atoms with Gasteiger partial charge in [-0.2, -0.15) is 5.10 Å². The Morgan fingerprint density at radius 2 is 1.72 bits per heavy atom. The first-order valence-electron chi connectivity index (χ1n) is 9.16. The van der Waals surface area contributed by atoms with Crippen LogP contribution in [0.15, 0.2) is 84.0 Å². The second-order valence-electron chi connectivity index (χ2n) is 6.64. The minimum Gasteiger partial charge on any atom is -0.267 e. The van der Waals surface area contributed by atoms with Crippen molar-refractivity contribution < 1.29 is 9.18 Å². The Balaban J connectivity index is 1.69. The second kappa shape index (κ2) is 8.02. The first kappa shape index (κ1) is 18.5. The van der Waals surface area contributed by atoms with Crippen molar-refractivity contribution in [3.8, 4) is 11.3 Å². The highest BCUT2D eigenvalue weighted by Gasteiger charge is 2.14. The van der Waals surface area contributed by atoms with Gasteiger partial charge in [0.25, 0.3) is 5.91 Å². The van der Waals surface area contributed by atoms with Crippen LogP contribution in [0.5, 0.6) is 0 Å². The van der Waals surface area contributed by atoms with E-state index in [2.05, 4.69) is 10.5 Å². The zero-order chi connectivity index (χ0) is 20.2. The molecular formula is C24H18FN3O. The van der Waals surface area contributed by atoms with Crippen LogP contribution >= 0.6 is 0 Å². The lowest BCUT2D eigenvalue weighted by molar-refractivity contribution is 0.0956. The van der Waals surface area contributed by atoms with Gasteiger partial charge in [0, 0.05) is 10.9 Å². The van der Waals surface area contributed by atoms with Crippen LogP contribution in [0.25, 0.3) is 22.2 Å². The molecule has 0 radical (unpaired) electrons. The molecule has 0 atom stereocenters. The lowest BCUT2D eigenvalue weighted by Crippen LogP contribution is -2.18. The number of nitrogens with zero attached hydrogens (tertiary/aromatic N) is 2. The maximum atomic E-state index is 13.0. The van der Waals surface area contributed by atoms with E-state index < -0.39 is 0 Å². The predicted molar refractivity (Wildman–Crippen MR) is 113 cm³/mol. The van der Waals surface area contributed by atoms with Gasteiger partial charge in [-0.3, -0.25) is 4.79 Å². The number of fused-ring (bicyclic) bond motifs is 1. The number of hydrazone groups is 1. The summed E-state index contributed by atoms with van der Waals surface area (Å²) >= 11 is 0. The fraction of sp³-hybridized carbons (Fsp3) is 0.0417. The number of pyridine rings is 1. The Bertz CT molecular complexity index is 1220. The van der Waals surface area contributed by atoms with Crippen molar-refractivity contribution in [1.82, 2.24) is 10.4 Å². The van der Waals surface area contributed by atoms with Gasteiger partial charge in [-0.15, -0.1) is 0 Å². The number of para-hydroxylation sites is 1. The zero-order valence-corrected chi connectivity index (χ0v) is 15.8. The van der Waals surface area contributed by atoms with E-state index in [9.17, 15) is 9.18 Å². The molecule has 0 bridgehead atoms. The number of benzene rings is 3. The van der Waals surface area contributed by atoms with Gasteiger partial charge in [0.05, 0.1) is 23.0 Å². The summed E-state index contributed by atoms with van der Waals surface area (Å²) in [7, 11) is 0. The van der Waals surface area contributed by atoms with Crippen LogP contribution in [0.1, 0.15) is 21.5 Å². The number of hydrogen-bond acceptors (Lipinski definition) is 3. The molecule has 0 unspecified atom stereocenters. The van der Waals surface area contributed by atoms with Gasteiger partial charge in [-0.05, 0) is 42.3 Å². The van der Waals surface area contributed by atoms with Crippen LogP contribution in [0.2, 0.25) is 0 Å². The molecule has 3 aromatic carbocycles. The molecule has 0 saturated heterocycles. The van der Waals surface area contributed by atoms with E-state index in [-0.39, 0.29) is 11.7 Å². The second-order valence-corrected chi connectivity index (χ2v) is 6.64. The molecule has 0 fully saturated rings. The first-order valence-corrected chi connectivity index (χ1v) is 9.16. The Morgan fingerprint density at radius 3 is 2.52 bits per heavy atom. The molecule has 5 heteroatoms. The van der Waals surface area contributed by atoms with E-state index >= 15 is 0 Å². The summed E-state index contributed by atoms with van der Waals surface area (Å²) in [5.74, 6) is -0.657. The van der Waals surface area contributed by atoms with Crippen molar-refractivity contribution in [1.29, 1.82) is 0 Å². The lowest BCUT2D eigenvalue weighted by atomic mass is 10.0. The SMILES string of the molecule is Cc1ccccc1-c1cc(C(=O)N/N=C\c2ccc(F)cc2)c2ccccc2n1. The highest BCUT2D eigenvalue weighted by atomic mass is 19.1. The highest BCUT2D eigenvalue weighted by Crippen LogP contribution is 2.26. The van der Waals surface area contributed by atoms with Crippen molar-refractivity contribution >= 4 is 23.0 Å². The van der Waals surface area contributed by atoms with E-state index in [1.165, 1.54) is 18.3 Å². The Labute approximate surface area is 167 Å². The van der Waals surface area contributed by atoms with Crippen LogP contribution in [-0.2, 0) is 0 Å². The number of hydrogen-bond donors (Lipinski definition) is 1. The van der Waals surface area contributed by atoms with Crippen molar-refractivity contribution in [2.45, 2.75) is 6.92 Å². The average molecular weight is 383 g/mol. The molecule has 4 nitrogen and oxygen atoms in total. The van der Waals surface area contributed by atoms with Crippen LogP contribution < -0.4 is 5.43 Å². The summed E-state index contributed by atoms with van der Waals surface area (Å²) in [6.45, 7) is 2.01. The smallest absolute Gasteiger partial charge is 0.267 e. The molecule has 4 aromatic rings. The molecule has 1 N–H and O–H groups in total. The molecule has 1 amide bonds. The van der Waals surface area contributed by atoms with Gasteiger partial charge >= 0.3 is 0 Å². The third-order valence-corrected chi connectivity index (χ3v) is 4.63. The van der Waals surface area contributed by atoms with E-state index in [1.807, 2.05) is 55.5 Å². The molecule has 142 valence electrons. The van der Waals surface area contributed by atoms with E-state index in [0.29, 0.717) is 11.1 Å². The number of aryl methyl sites for hydroxylation is 1. The van der Waals surface area contributed by atoms with Gasteiger partial charge in [-0.1, -0.05) is 54.6 Å². The monoisotopic (exact) mass is 383 g/mol. The Hall–Kier alpha value is -3.86. The van der Waals surface area contributed by atoms with Gasteiger partial charge in [0.2, 0.25) is 0 Å². The highest BCUT2D eigenvalue weighted by molar-refractivity contribution is 6.07. The van der Waals surface area contributed by atoms with Crippen molar-refractivity contribution in [3.63, 3.8) is 0 Å². The van der Waals surface area contributed by atoms with Crippen molar-refractivity contribution in [2.24, 2.45) is 5.10 Å². The zero-order valence-electron chi connectivity index (χ0n) is 15.8. The maximum absolute atomic E-state index is 13.0. The van der Waals surface area contributed by atoms with Crippen molar-refractivity contribution in [3.05, 3.63) is 101 Å². The quantitative estimate of drug-likeness (QED) is 0.393. The summed E-state index contributed by atoms with van der Waals surface area (Å²) in [6.07, 6.45) is 1.48. The fourth-order valence-corrected chi connectivity index (χ4v) is 3.14. The molecule has 4 rings (SSSR count). The summed E-state index contributed by atoms with van der Waals surface area (Å²) in [6, 6.07) is 23.1. The van der Waals surface area contributed by atoms with Gasteiger partial charge in [0.15, 0.2) is 0 Å². The summed E-state index contributed by atoms with van der Waals surface area (Å²) in [5.41, 5.74) is 7.26. The van der Waals surface area contributed by atoms with Crippen LogP contribution in [0, 0.1) is 12.7 Å². The largest absolute Gasteiger partial charge is 0.272 e. The minimum absolute atomic E-state index is 0.321. The number of nitrogens with one attached hydrogen (secondary N) is 1. The summed E-state index contributed by atoms with van der Waals surface area (Å²) < 4.78 is 13.0. The molecule has 0 spiro atoms. The molecule has 0 aliphatic carbocycles. The molecule has 0 aliphatic heterocycles. The fourth-order valence-electron chi connectivity index (χ4n) is 3.14. The van der Waals surface area contributed by atoms with Gasteiger partial charge in [-0.25, -0.2) is 14.8 Å². The minimum atomic E-state index is -0.336. The van der Waals surface area contributed by atoms with Gasteiger partial charge in [0.1, 0.15) is 5.82 Å². The third kappa shape index (κ3) is 4.04. The third-order valence-electron chi connectivity index (χ3n) is 4.63. The maximum Gasteiger partial charge on any atom is 0.272 e. The molecular weight excluding hydrogens is 365 g/mol. The molecule has 1 heterocycles. The summed E-state index contributed by atoms with van der Waals surface area (Å²) in [5, 5.41) is 4.76. The average Bonchev–Trinajstić information content (AvgIpc) is 2.74. The number of carbonyl (C=O) groups is 1. The Morgan fingerprint density at radius 1 is 1.00 bits per heavy atom. The molecule has 0 saturated carbocycles. The van der Waals surface area contributed by atoms with Crippen LogP contribution in [0.4, 0.5) is 4.39 Å². The van der Waals surface area contributed by atoms with E-state index in [1.54, 1.807) is 18.2 Å². The van der Waals surface area contributed by atoms with Crippen LogP contribution in [-0.4, -0.2) is 17.1 Å². The molecule has 1 aromatic heterocycles. The summed E-state index contributed by atoms with van der Waals surface area (Å²) in [4.78, 5) is 17.6. The predicted octanol–water partition coefficient (Wildman–Crippen LogP) is 5.11. The molecule has 29 heavy (non-hydrogen) atoms. The topological polar surface area (TPSA) is 54.4 Å². The number of amides is 1. The Kier molecular flexibility index (Phi) is 5.12. The number of carbonyl (C=O) groups excluding carboxylic acids is 1. The van der Waals surface area contributed by atoms with E-state index in [0.717, 1.165) is 27.7 Å². The standard InChI is InChI=1S/C24H18FN3O/c1-16-6-2-3-7-19(16)23-14-21(20-8-4-5-9-22(20)27-23)24(29)28-26-15-17-10-12-18(25)13-11-17/h2-15H,1H3,(H,28,29)/b26-15-. The number of rotatable bonds is 4. The van der Waals surface area contributed by atoms with Crippen LogP contribution in [0.3, 0.4) is 0 Å². The molecule has 0 aliphatic rings.